The van der Waals surface area contributed by atoms with Gasteiger partial charge in [-0.3, -0.25) is 0 Å². The minimum atomic E-state index is -0.490. The largest absolute Gasteiger partial charge is 0.465 e. The van der Waals surface area contributed by atoms with Crippen LogP contribution in [0.3, 0.4) is 0 Å². The summed E-state index contributed by atoms with van der Waals surface area (Å²) in [5.41, 5.74) is 0.311. The molecule has 0 saturated carbocycles. The Bertz CT molecular complexity index is 452. The number of carbonyl (C=O) groups is 2. The van der Waals surface area contributed by atoms with Gasteiger partial charge in [-0.15, -0.1) is 0 Å². The van der Waals surface area contributed by atoms with Crippen molar-refractivity contribution < 1.29 is 19.2 Å². The van der Waals surface area contributed by atoms with Crippen LogP contribution in [0.4, 0.5) is 0 Å². The molecule has 1 heterocycles. The lowest BCUT2D eigenvalue weighted by Gasteiger charge is -2.05. The maximum absolute atomic E-state index is 11.1. The van der Waals surface area contributed by atoms with Crippen LogP contribution in [-0.4, -0.2) is 23.8 Å². The number of carbonyl (C=O) groups excluding carboxylic acids is 2. The average molecular weight is 227 g/mol. The van der Waals surface area contributed by atoms with Crippen molar-refractivity contribution >= 4 is 24.2 Å². The molecule has 0 atom stereocenters. The summed E-state index contributed by atoms with van der Waals surface area (Å²) >= 11 is 4.90. The second kappa shape index (κ2) is 4.70. The average Bonchev–Trinajstić information content (AvgIpc) is 2.19. The van der Waals surface area contributed by atoms with E-state index in [1.807, 2.05) is 0 Å². The summed E-state index contributed by atoms with van der Waals surface area (Å²) in [7, 11) is 1.28. The topological polar surface area (TPSA) is 57.5 Å². The van der Waals surface area contributed by atoms with Crippen LogP contribution in [0.5, 0.6) is 0 Å². The number of methoxy groups -OCH3 is 1. The summed E-state index contributed by atoms with van der Waals surface area (Å²) in [4.78, 5) is 26.5. The molecule has 0 aromatic carbocycles. The lowest BCUT2D eigenvalue weighted by molar-refractivity contribution is -0.141. The van der Waals surface area contributed by atoms with E-state index in [-0.39, 0.29) is 4.64 Å². The van der Waals surface area contributed by atoms with Crippen molar-refractivity contribution in [2.24, 2.45) is 0 Å². The minimum Gasteiger partial charge on any atom is -0.465 e. The summed E-state index contributed by atoms with van der Waals surface area (Å²) in [6, 6.07) is 2.84. The SMILES string of the molecule is COC(=O)c1ccn(OC(C)=O)c(=S)c1. The molecular formula is C9H9NO4S. The number of pyridine rings is 1. The molecule has 0 amide bonds. The second-order valence-corrected chi connectivity index (χ2v) is 3.07. The monoisotopic (exact) mass is 227 g/mol. The molecule has 0 N–H and O–H groups in total. The van der Waals surface area contributed by atoms with E-state index in [9.17, 15) is 9.59 Å². The van der Waals surface area contributed by atoms with E-state index in [0.29, 0.717) is 5.56 Å². The molecule has 80 valence electrons. The van der Waals surface area contributed by atoms with Crippen LogP contribution in [0, 0.1) is 4.64 Å². The van der Waals surface area contributed by atoms with Crippen molar-refractivity contribution in [1.29, 1.82) is 0 Å². The number of ether oxygens (including phenoxy) is 1. The summed E-state index contributed by atoms with van der Waals surface area (Å²) in [5.74, 6) is -0.979. The van der Waals surface area contributed by atoms with Crippen molar-refractivity contribution in [2.45, 2.75) is 6.92 Å². The highest BCUT2D eigenvalue weighted by atomic mass is 32.1. The van der Waals surface area contributed by atoms with Crippen LogP contribution in [0.25, 0.3) is 0 Å². The second-order valence-electron chi connectivity index (χ2n) is 2.65. The maximum Gasteiger partial charge on any atom is 0.338 e. The Hall–Kier alpha value is -1.69. The molecule has 0 radical (unpaired) electrons. The normalized spacial score (nSPS) is 9.47. The molecule has 1 rings (SSSR count). The Morgan fingerprint density at radius 2 is 2.13 bits per heavy atom. The minimum absolute atomic E-state index is 0.216. The molecule has 0 aliphatic carbocycles. The summed E-state index contributed by atoms with van der Waals surface area (Å²) < 4.78 is 5.83. The van der Waals surface area contributed by atoms with Gasteiger partial charge in [0.05, 0.1) is 12.7 Å². The number of hydrogen-bond donors (Lipinski definition) is 0. The molecule has 0 aliphatic rings. The van der Waals surface area contributed by atoms with Gasteiger partial charge in [0.1, 0.15) is 4.64 Å². The molecule has 0 bridgehead atoms. The van der Waals surface area contributed by atoms with Crippen LogP contribution in [-0.2, 0) is 9.53 Å². The predicted octanol–water partition coefficient (Wildman–Crippen LogP) is 0.979. The molecule has 0 saturated heterocycles. The van der Waals surface area contributed by atoms with Crippen molar-refractivity contribution in [2.75, 3.05) is 7.11 Å². The zero-order valence-corrected chi connectivity index (χ0v) is 9.04. The maximum atomic E-state index is 11.1. The van der Waals surface area contributed by atoms with Gasteiger partial charge >= 0.3 is 11.9 Å². The van der Waals surface area contributed by atoms with E-state index in [1.165, 1.54) is 32.4 Å². The number of esters is 1. The van der Waals surface area contributed by atoms with Gasteiger partial charge in [-0.05, 0) is 12.1 Å². The third kappa shape index (κ3) is 2.88. The third-order valence-electron chi connectivity index (χ3n) is 1.53. The summed E-state index contributed by atoms with van der Waals surface area (Å²) in [6.45, 7) is 1.26. The quantitative estimate of drug-likeness (QED) is 0.556. The van der Waals surface area contributed by atoms with Gasteiger partial charge in [-0.1, -0.05) is 12.2 Å². The highest BCUT2D eigenvalue weighted by Crippen LogP contribution is 2.02. The fourth-order valence-electron chi connectivity index (χ4n) is 0.925. The molecule has 0 spiro atoms. The number of rotatable bonds is 2. The van der Waals surface area contributed by atoms with Gasteiger partial charge in [-0.2, -0.15) is 4.73 Å². The van der Waals surface area contributed by atoms with Crippen LogP contribution in [0.15, 0.2) is 18.3 Å². The molecule has 0 fully saturated rings. The molecule has 0 unspecified atom stereocenters. The number of nitrogens with zero attached hydrogens (tertiary/aromatic N) is 1. The van der Waals surface area contributed by atoms with Gasteiger partial charge in [0.15, 0.2) is 0 Å². The van der Waals surface area contributed by atoms with E-state index in [2.05, 4.69) is 4.74 Å². The Morgan fingerprint density at radius 3 is 2.60 bits per heavy atom. The highest BCUT2D eigenvalue weighted by Gasteiger charge is 2.06. The van der Waals surface area contributed by atoms with Gasteiger partial charge in [-0.25, -0.2) is 9.59 Å². The Labute approximate surface area is 91.2 Å². The summed E-state index contributed by atoms with van der Waals surface area (Å²) in [6.07, 6.45) is 1.38. The van der Waals surface area contributed by atoms with Crippen molar-refractivity contribution in [3.63, 3.8) is 0 Å². The Morgan fingerprint density at radius 1 is 1.47 bits per heavy atom. The lowest BCUT2D eigenvalue weighted by atomic mass is 10.3. The van der Waals surface area contributed by atoms with Gasteiger partial charge in [0.2, 0.25) is 0 Å². The first kappa shape index (κ1) is 11.4. The van der Waals surface area contributed by atoms with E-state index >= 15 is 0 Å². The van der Waals surface area contributed by atoms with E-state index in [0.717, 1.165) is 4.73 Å². The first-order chi connectivity index (χ1) is 7.04. The molecule has 6 heteroatoms. The first-order valence-corrected chi connectivity index (χ1v) is 4.45. The number of aromatic nitrogens is 1. The van der Waals surface area contributed by atoms with Gasteiger partial charge in [0, 0.05) is 13.1 Å². The van der Waals surface area contributed by atoms with E-state index in [1.54, 1.807) is 0 Å². The first-order valence-electron chi connectivity index (χ1n) is 4.04. The van der Waals surface area contributed by atoms with E-state index < -0.39 is 11.9 Å². The fraction of sp³-hybridized carbons (Fsp3) is 0.222. The molecule has 1 aromatic heterocycles. The van der Waals surface area contributed by atoms with Crippen LogP contribution in [0.1, 0.15) is 17.3 Å². The Kier molecular flexibility index (Phi) is 3.56. The third-order valence-corrected chi connectivity index (χ3v) is 1.83. The molecule has 15 heavy (non-hydrogen) atoms. The molecular weight excluding hydrogens is 218 g/mol. The summed E-state index contributed by atoms with van der Waals surface area (Å²) in [5, 5.41) is 0. The smallest absolute Gasteiger partial charge is 0.338 e. The molecule has 1 aromatic rings. The van der Waals surface area contributed by atoms with Gasteiger partial charge in [0.25, 0.3) is 0 Å². The molecule has 0 aliphatic heterocycles. The predicted molar refractivity (Wildman–Crippen MR) is 53.9 cm³/mol. The molecule has 5 nitrogen and oxygen atoms in total. The fourth-order valence-corrected chi connectivity index (χ4v) is 1.15. The standard InChI is InChI=1S/C9H9NO4S/c1-6(11)14-10-4-3-7(5-8(10)15)9(12)13-2/h3-5H,1-2H3. The number of hydrogen-bond acceptors (Lipinski definition) is 5. The lowest BCUT2D eigenvalue weighted by Crippen LogP contribution is -2.17. The Balaban J connectivity index is 3.03. The van der Waals surface area contributed by atoms with Crippen LogP contribution >= 0.6 is 12.2 Å². The zero-order valence-electron chi connectivity index (χ0n) is 8.22. The van der Waals surface area contributed by atoms with Crippen LogP contribution in [0.2, 0.25) is 0 Å². The van der Waals surface area contributed by atoms with Crippen LogP contribution < -0.4 is 4.84 Å². The highest BCUT2D eigenvalue weighted by molar-refractivity contribution is 7.71. The zero-order chi connectivity index (χ0) is 11.4. The van der Waals surface area contributed by atoms with Gasteiger partial charge < -0.3 is 9.57 Å². The van der Waals surface area contributed by atoms with Crippen molar-refractivity contribution in [3.05, 3.63) is 28.5 Å². The van der Waals surface area contributed by atoms with Crippen molar-refractivity contribution in [1.82, 2.24) is 4.73 Å². The van der Waals surface area contributed by atoms with E-state index in [4.69, 9.17) is 17.1 Å². The van der Waals surface area contributed by atoms with Crippen molar-refractivity contribution in [3.8, 4) is 0 Å².